The third-order valence-corrected chi connectivity index (χ3v) is 5.20. The lowest BCUT2D eigenvalue weighted by molar-refractivity contribution is -0.139. The maximum Gasteiger partial charge on any atom is 0.417 e. The van der Waals surface area contributed by atoms with Gasteiger partial charge < -0.3 is 5.32 Å². The number of hydrogen-bond donors (Lipinski definition) is 1. The number of alkyl halides is 3. The molecule has 1 heterocycles. The van der Waals surface area contributed by atoms with E-state index in [9.17, 15) is 21.6 Å². The van der Waals surface area contributed by atoms with Crippen LogP contribution in [0.3, 0.4) is 0 Å². The molecule has 18 heavy (non-hydrogen) atoms. The van der Waals surface area contributed by atoms with E-state index < -0.39 is 31.7 Å². The normalized spacial score (nSPS) is 21.2. The van der Waals surface area contributed by atoms with Crippen molar-refractivity contribution < 1.29 is 21.6 Å². The van der Waals surface area contributed by atoms with Crippen LogP contribution >= 0.6 is 0 Å². The third-order valence-electron chi connectivity index (χ3n) is 2.95. The van der Waals surface area contributed by atoms with Crippen LogP contribution in [0, 0.1) is 0 Å². The fourth-order valence-electron chi connectivity index (χ4n) is 2.02. The van der Waals surface area contributed by atoms with Gasteiger partial charge in [0.15, 0.2) is 9.84 Å². The minimum Gasteiger partial charge on any atom is -0.315 e. The Kier molecular flexibility index (Phi) is 3.37. The van der Waals surface area contributed by atoms with Crippen LogP contribution in [-0.2, 0) is 16.0 Å². The Morgan fingerprint density at radius 3 is 2.44 bits per heavy atom. The van der Waals surface area contributed by atoms with Gasteiger partial charge in [-0.25, -0.2) is 8.42 Å². The van der Waals surface area contributed by atoms with E-state index >= 15 is 0 Å². The molecule has 3 nitrogen and oxygen atoms in total. The quantitative estimate of drug-likeness (QED) is 0.898. The summed E-state index contributed by atoms with van der Waals surface area (Å²) in [6.07, 6.45) is -4.32. The van der Waals surface area contributed by atoms with Gasteiger partial charge in [0.25, 0.3) is 0 Å². The second kappa shape index (κ2) is 4.55. The molecule has 1 aromatic rings. The summed E-state index contributed by atoms with van der Waals surface area (Å²) in [6, 6.07) is 4.32. The highest BCUT2D eigenvalue weighted by atomic mass is 32.2. The Labute approximate surface area is 103 Å². The van der Waals surface area contributed by atoms with Crippen molar-refractivity contribution in [3.05, 3.63) is 29.8 Å². The van der Waals surface area contributed by atoms with E-state index in [0.717, 1.165) is 12.1 Å². The Morgan fingerprint density at radius 1 is 1.22 bits per heavy atom. The number of nitrogens with one attached hydrogen (secondary N) is 1. The maximum atomic E-state index is 12.8. The van der Waals surface area contributed by atoms with Gasteiger partial charge in [0.2, 0.25) is 0 Å². The first-order valence-corrected chi connectivity index (χ1v) is 6.99. The molecule has 1 aromatic carbocycles. The maximum absolute atomic E-state index is 12.8. The molecule has 100 valence electrons. The highest BCUT2D eigenvalue weighted by molar-refractivity contribution is 7.92. The molecule has 7 heteroatoms. The zero-order valence-electron chi connectivity index (χ0n) is 9.37. The smallest absolute Gasteiger partial charge is 0.315 e. The van der Waals surface area contributed by atoms with Gasteiger partial charge in [0.1, 0.15) is 0 Å². The fourth-order valence-corrected chi connectivity index (χ4v) is 3.90. The number of benzene rings is 1. The van der Waals surface area contributed by atoms with Crippen LogP contribution in [0.1, 0.15) is 12.0 Å². The summed E-state index contributed by atoms with van der Waals surface area (Å²) >= 11 is 0. The molecular weight excluding hydrogens is 267 g/mol. The highest BCUT2D eigenvalue weighted by Crippen LogP contribution is 2.35. The summed E-state index contributed by atoms with van der Waals surface area (Å²) in [6.45, 7) is 0.715. The van der Waals surface area contributed by atoms with Crippen molar-refractivity contribution in [1.82, 2.24) is 5.32 Å². The largest absolute Gasteiger partial charge is 0.417 e. The third kappa shape index (κ3) is 2.37. The van der Waals surface area contributed by atoms with Crippen molar-refractivity contribution in [2.45, 2.75) is 22.7 Å². The molecule has 0 spiro atoms. The van der Waals surface area contributed by atoms with E-state index in [1.807, 2.05) is 0 Å². The van der Waals surface area contributed by atoms with E-state index in [1.165, 1.54) is 12.1 Å². The second-order valence-electron chi connectivity index (χ2n) is 4.15. The van der Waals surface area contributed by atoms with Crippen LogP contribution in [0.25, 0.3) is 0 Å². The minimum absolute atomic E-state index is 0.203. The monoisotopic (exact) mass is 279 g/mol. The molecule has 1 aliphatic heterocycles. The Balaban J connectivity index is 2.51. The van der Waals surface area contributed by atoms with Gasteiger partial charge in [-0.2, -0.15) is 13.2 Å². The van der Waals surface area contributed by atoms with Crippen molar-refractivity contribution >= 4 is 9.84 Å². The average Bonchev–Trinajstić information content (AvgIpc) is 2.82. The van der Waals surface area contributed by atoms with Crippen LogP contribution in [0.5, 0.6) is 0 Å². The molecule has 0 amide bonds. The van der Waals surface area contributed by atoms with Gasteiger partial charge in [-0.3, -0.25) is 0 Å². The van der Waals surface area contributed by atoms with E-state index in [2.05, 4.69) is 5.32 Å². The molecule has 0 radical (unpaired) electrons. The molecule has 1 saturated heterocycles. The highest BCUT2D eigenvalue weighted by Gasteiger charge is 2.40. The predicted octanol–water partition coefficient (Wildman–Crippen LogP) is 1.84. The summed E-state index contributed by atoms with van der Waals surface area (Å²) < 4.78 is 62.7. The molecule has 0 aromatic heterocycles. The fraction of sp³-hybridized carbons (Fsp3) is 0.455. The lowest BCUT2D eigenvalue weighted by Gasteiger charge is -2.16. The molecule has 2 rings (SSSR count). The van der Waals surface area contributed by atoms with Crippen LogP contribution < -0.4 is 5.32 Å². The minimum atomic E-state index is -4.66. The van der Waals surface area contributed by atoms with Crippen LogP contribution in [0.15, 0.2) is 29.2 Å². The van der Waals surface area contributed by atoms with Gasteiger partial charge in [-0.05, 0) is 25.1 Å². The topological polar surface area (TPSA) is 46.2 Å². The number of hydrogen-bond acceptors (Lipinski definition) is 3. The lowest BCUT2D eigenvalue weighted by Crippen LogP contribution is -2.26. The number of halogens is 3. The summed E-state index contributed by atoms with van der Waals surface area (Å²) in [5.74, 6) is 0. The van der Waals surface area contributed by atoms with E-state index in [-0.39, 0.29) is 6.54 Å². The van der Waals surface area contributed by atoms with Crippen molar-refractivity contribution in [3.8, 4) is 0 Å². The molecule has 1 unspecified atom stereocenters. The summed E-state index contributed by atoms with van der Waals surface area (Å²) in [4.78, 5) is -0.619. The van der Waals surface area contributed by atoms with Crippen molar-refractivity contribution in [1.29, 1.82) is 0 Å². The van der Waals surface area contributed by atoms with Crippen molar-refractivity contribution in [2.75, 3.05) is 13.1 Å². The van der Waals surface area contributed by atoms with Crippen LogP contribution in [-0.4, -0.2) is 26.8 Å². The molecule has 1 fully saturated rings. The van der Waals surface area contributed by atoms with Crippen LogP contribution in [0.2, 0.25) is 0 Å². The van der Waals surface area contributed by atoms with E-state index in [1.54, 1.807) is 0 Å². The Bertz CT molecular complexity index is 533. The zero-order chi connectivity index (χ0) is 13.4. The van der Waals surface area contributed by atoms with Gasteiger partial charge in [0, 0.05) is 6.54 Å². The molecule has 0 saturated carbocycles. The number of sulfone groups is 1. The SMILES string of the molecule is O=S(=O)(c1ccccc1C(F)(F)F)C1CCNC1. The van der Waals surface area contributed by atoms with Gasteiger partial charge in [-0.1, -0.05) is 12.1 Å². The average molecular weight is 279 g/mol. The van der Waals surface area contributed by atoms with Gasteiger partial charge in [-0.15, -0.1) is 0 Å². The molecule has 1 N–H and O–H groups in total. The first kappa shape index (κ1) is 13.4. The predicted molar refractivity (Wildman–Crippen MR) is 59.9 cm³/mol. The van der Waals surface area contributed by atoms with E-state index in [4.69, 9.17) is 0 Å². The van der Waals surface area contributed by atoms with Gasteiger partial charge in [0.05, 0.1) is 15.7 Å². The van der Waals surface area contributed by atoms with Crippen molar-refractivity contribution in [2.24, 2.45) is 0 Å². The van der Waals surface area contributed by atoms with E-state index in [0.29, 0.717) is 13.0 Å². The second-order valence-corrected chi connectivity index (χ2v) is 6.35. The molecule has 0 bridgehead atoms. The lowest BCUT2D eigenvalue weighted by atomic mass is 10.2. The molecule has 1 aliphatic rings. The zero-order valence-corrected chi connectivity index (χ0v) is 10.2. The molecular formula is C11H12F3NO2S. The Morgan fingerprint density at radius 2 is 1.89 bits per heavy atom. The molecule has 1 atom stereocenters. The summed E-state index contributed by atoms with van der Waals surface area (Å²) in [5.41, 5.74) is -1.09. The standard InChI is InChI=1S/C11H12F3NO2S/c12-11(13,14)9-3-1-2-4-10(9)18(16,17)8-5-6-15-7-8/h1-4,8,15H,5-7H2. The number of rotatable bonds is 2. The first-order chi connectivity index (χ1) is 8.33. The molecule has 0 aliphatic carbocycles. The van der Waals surface area contributed by atoms with Crippen LogP contribution in [0.4, 0.5) is 13.2 Å². The Hall–Kier alpha value is -1.08. The summed E-state index contributed by atoms with van der Waals surface area (Å²) in [5, 5.41) is 2.07. The summed E-state index contributed by atoms with van der Waals surface area (Å²) in [7, 11) is -3.94. The first-order valence-electron chi connectivity index (χ1n) is 5.44. The van der Waals surface area contributed by atoms with Crippen molar-refractivity contribution in [3.63, 3.8) is 0 Å². The van der Waals surface area contributed by atoms with Gasteiger partial charge >= 0.3 is 6.18 Å².